The number of rotatable bonds is 4. The Balaban J connectivity index is 1.44. The lowest BCUT2D eigenvalue weighted by Gasteiger charge is -2.26. The van der Waals surface area contributed by atoms with E-state index in [1.165, 1.54) is 16.7 Å². The van der Waals surface area contributed by atoms with Gasteiger partial charge in [-0.2, -0.15) is 0 Å². The van der Waals surface area contributed by atoms with E-state index in [1.54, 1.807) is 0 Å². The van der Waals surface area contributed by atoms with Crippen molar-refractivity contribution in [3.63, 3.8) is 0 Å². The lowest BCUT2D eigenvalue weighted by molar-refractivity contribution is 0.294. The van der Waals surface area contributed by atoms with Gasteiger partial charge in [0.05, 0.1) is 5.69 Å². The SMILES string of the molecule is Clc1ccc(C2=CCN(Cc3ccnc(-c4ccc(Cl)cc4)c3)CC2)cc1. The second-order valence-electron chi connectivity index (χ2n) is 6.78. The minimum atomic E-state index is 0.742. The number of pyridine rings is 1. The summed E-state index contributed by atoms with van der Waals surface area (Å²) >= 11 is 12.0. The third kappa shape index (κ3) is 4.59. The van der Waals surface area contributed by atoms with Crippen LogP contribution in [0.25, 0.3) is 16.8 Å². The lowest BCUT2D eigenvalue weighted by Crippen LogP contribution is -2.28. The topological polar surface area (TPSA) is 16.1 Å². The Labute approximate surface area is 170 Å². The van der Waals surface area contributed by atoms with Crippen molar-refractivity contribution in [2.45, 2.75) is 13.0 Å². The van der Waals surface area contributed by atoms with Crippen molar-refractivity contribution >= 4 is 28.8 Å². The Morgan fingerprint density at radius 2 is 1.52 bits per heavy atom. The van der Waals surface area contributed by atoms with Crippen LogP contribution in [0.3, 0.4) is 0 Å². The fourth-order valence-electron chi connectivity index (χ4n) is 3.39. The van der Waals surface area contributed by atoms with Crippen molar-refractivity contribution in [3.05, 3.63) is 94.1 Å². The molecule has 0 atom stereocenters. The molecule has 1 aromatic heterocycles. The zero-order valence-electron chi connectivity index (χ0n) is 14.9. The zero-order valence-corrected chi connectivity index (χ0v) is 16.4. The fraction of sp³-hybridized carbons (Fsp3) is 0.174. The van der Waals surface area contributed by atoms with Crippen LogP contribution in [0, 0.1) is 0 Å². The Morgan fingerprint density at radius 1 is 0.852 bits per heavy atom. The van der Waals surface area contributed by atoms with Crippen molar-refractivity contribution in [2.75, 3.05) is 13.1 Å². The molecule has 27 heavy (non-hydrogen) atoms. The molecule has 0 radical (unpaired) electrons. The Morgan fingerprint density at radius 3 is 2.15 bits per heavy atom. The highest BCUT2D eigenvalue weighted by Gasteiger charge is 2.14. The highest BCUT2D eigenvalue weighted by Crippen LogP contribution is 2.25. The maximum atomic E-state index is 5.99. The van der Waals surface area contributed by atoms with E-state index in [2.05, 4.69) is 40.2 Å². The molecule has 2 nitrogen and oxygen atoms in total. The Hall–Kier alpha value is -2.13. The molecule has 3 aromatic rings. The molecule has 0 unspecified atom stereocenters. The molecule has 0 bridgehead atoms. The van der Waals surface area contributed by atoms with Crippen molar-refractivity contribution in [1.82, 2.24) is 9.88 Å². The Kier molecular flexibility index (Phi) is 5.58. The molecule has 0 spiro atoms. The van der Waals surface area contributed by atoms with Gasteiger partial charge in [-0.15, -0.1) is 0 Å². The van der Waals surface area contributed by atoms with Crippen LogP contribution >= 0.6 is 23.2 Å². The molecule has 4 heteroatoms. The molecule has 1 aliphatic heterocycles. The molecule has 2 aromatic carbocycles. The van der Waals surface area contributed by atoms with Gasteiger partial charge in [0.25, 0.3) is 0 Å². The van der Waals surface area contributed by atoms with Gasteiger partial charge in [0.2, 0.25) is 0 Å². The van der Waals surface area contributed by atoms with Crippen molar-refractivity contribution in [3.8, 4) is 11.3 Å². The lowest BCUT2D eigenvalue weighted by atomic mass is 9.99. The molecule has 2 heterocycles. The minimum Gasteiger partial charge on any atom is -0.295 e. The summed E-state index contributed by atoms with van der Waals surface area (Å²) in [5.41, 5.74) is 6.02. The standard InChI is InChI=1S/C23H20Cl2N2/c24-21-5-1-18(2-6-21)19-10-13-27(14-11-19)16-17-9-12-26-23(15-17)20-3-7-22(25)8-4-20/h1-10,12,15H,11,13-14,16H2. The van der Waals surface area contributed by atoms with Crippen LogP contribution in [0.1, 0.15) is 17.5 Å². The average molecular weight is 395 g/mol. The quantitative estimate of drug-likeness (QED) is 0.512. The summed E-state index contributed by atoms with van der Waals surface area (Å²) in [6.45, 7) is 2.93. The molecule has 0 amide bonds. The van der Waals surface area contributed by atoms with Crippen LogP contribution in [0.2, 0.25) is 10.0 Å². The minimum absolute atomic E-state index is 0.742. The molecule has 0 fully saturated rings. The van der Waals surface area contributed by atoms with E-state index >= 15 is 0 Å². The summed E-state index contributed by atoms with van der Waals surface area (Å²) in [5.74, 6) is 0. The molecule has 0 N–H and O–H groups in total. The fourth-order valence-corrected chi connectivity index (χ4v) is 3.64. The predicted octanol–water partition coefficient (Wildman–Crippen LogP) is 6.34. The van der Waals surface area contributed by atoms with Crippen LogP contribution in [0.15, 0.2) is 72.9 Å². The van der Waals surface area contributed by atoms with Gasteiger partial charge in [-0.3, -0.25) is 9.88 Å². The summed E-state index contributed by atoms with van der Waals surface area (Å²) in [7, 11) is 0. The summed E-state index contributed by atoms with van der Waals surface area (Å²) in [4.78, 5) is 6.97. The first-order valence-corrected chi connectivity index (χ1v) is 9.81. The highest BCUT2D eigenvalue weighted by atomic mass is 35.5. The van der Waals surface area contributed by atoms with Gasteiger partial charge in [0.15, 0.2) is 0 Å². The number of aromatic nitrogens is 1. The first kappa shape index (κ1) is 18.2. The number of hydrogen-bond donors (Lipinski definition) is 0. The molecule has 136 valence electrons. The van der Waals surface area contributed by atoms with Gasteiger partial charge in [0, 0.05) is 41.4 Å². The van der Waals surface area contributed by atoms with E-state index in [4.69, 9.17) is 23.2 Å². The maximum absolute atomic E-state index is 5.99. The van der Waals surface area contributed by atoms with Crippen LogP contribution in [0.4, 0.5) is 0 Å². The molecule has 4 rings (SSSR count). The highest BCUT2D eigenvalue weighted by molar-refractivity contribution is 6.30. The smallest absolute Gasteiger partial charge is 0.0705 e. The van der Waals surface area contributed by atoms with Gasteiger partial charge in [0.1, 0.15) is 0 Å². The summed E-state index contributed by atoms with van der Waals surface area (Å²) in [5, 5.41) is 1.53. The van der Waals surface area contributed by atoms with Crippen molar-refractivity contribution < 1.29 is 0 Å². The third-order valence-electron chi connectivity index (χ3n) is 4.88. The molecule has 0 saturated carbocycles. The second-order valence-corrected chi connectivity index (χ2v) is 7.65. The van der Waals surface area contributed by atoms with Gasteiger partial charge in [-0.25, -0.2) is 0 Å². The van der Waals surface area contributed by atoms with E-state index in [9.17, 15) is 0 Å². The van der Waals surface area contributed by atoms with Gasteiger partial charge in [-0.1, -0.05) is 53.5 Å². The summed E-state index contributed by atoms with van der Waals surface area (Å²) < 4.78 is 0. The average Bonchev–Trinajstić information content (AvgIpc) is 2.70. The van der Waals surface area contributed by atoms with Gasteiger partial charge >= 0.3 is 0 Å². The number of nitrogens with zero attached hydrogens (tertiary/aromatic N) is 2. The van der Waals surface area contributed by atoms with Crippen LogP contribution in [-0.4, -0.2) is 23.0 Å². The van der Waals surface area contributed by atoms with Crippen LogP contribution < -0.4 is 0 Å². The van der Waals surface area contributed by atoms with Gasteiger partial charge in [-0.05, 0) is 59.5 Å². The molecule has 1 aliphatic rings. The number of benzene rings is 2. The van der Waals surface area contributed by atoms with E-state index in [0.717, 1.165) is 47.4 Å². The largest absolute Gasteiger partial charge is 0.295 e. The summed E-state index contributed by atoms with van der Waals surface area (Å²) in [6.07, 6.45) is 5.27. The molecular formula is C23H20Cl2N2. The maximum Gasteiger partial charge on any atom is 0.0705 e. The number of hydrogen-bond acceptors (Lipinski definition) is 2. The van der Waals surface area contributed by atoms with E-state index in [1.807, 2.05) is 42.6 Å². The van der Waals surface area contributed by atoms with E-state index in [-0.39, 0.29) is 0 Å². The zero-order chi connectivity index (χ0) is 18.6. The first-order valence-electron chi connectivity index (χ1n) is 9.05. The monoisotopic (exact) mass is 394 g/mol. The number of halogens is 2. The summed E-state index contributed by atoms with van der Waals surface area (Å²) in [6, 6.07) is 20.2. The van der Waals surface area contributed by atoms with Crippen LogP contribution in [-0.2, 0) is 6.54 Å². The molecular weight excluding hydrogens is 375 g/mol. The van der Waals surface area contributed by atoms with Gasteiger partial charge < -0.3 is 0 Å². The first-order chi connectivity index (χ1) is 13.2. The Bertz CT molecular complexity index is 947. The van der Waals surface area contributed by atoms with E-state index in [0.29, 0.717) is 0 Å². The molecule has 0 saturated heterocycles. The normalized spacial score (nSPS) is 14.8. The van der Waals surface area contributed by atoms with E-state index < -0.39 is 0 Å². The second kappa shape index (κ2) is 8.26. The van der Waals surface area contributed by atoms with Crippen molar-refractivity contribution in [2.24, 2.45) is 0 Å². The molecule has 0 aliphatic carbocycles. The third-order valence-corrected chi connectivity index (χ3v) is 5.38. The van der Waals surface area contributed by atoms with Crippen LogP contribution in [0.5, 0.6) is 0 Å². The predicted molar refractivity (Wildman–Crippen MR) is 114 cm³/mol. The van der Waals surface area contributed by atoms with Crippen molar-refractivity contribution in [1.29, 1.82) is 0 Å².